The lowest BCUT2D eigenvalue weighted by molar-refractivity contribution is 0.306. The number of likely N-dealkylation sites (N-methyl/N-ethyl adjacent to an activating group) is 1. The van der Waals surface area contributed by atoms with E-state index in [0.717, 1.165) is 5.56 Å². The van der Waals surface area contributed by atoms with E-state index in [1.165, 1.54) is 12.1 Å². The number of nitrogens with one attached hydrogen (secondary N) is 1. The van der Waals surface area contributed by atoms with Gasteiger partial charge in [-0.05, 0) is 50.0 Å². The molecule has 0 aliphatic carbocycles. The Morgan fingerprint density at radius 2 is 2.08 bits per heavy atom. The van der Waals surface area contributed by atoms with Gasteiger partial charge in [0.05, 0.1) is 24.7 Å². The highest BCUT2D eigenvalue weighted by atomic mass is 35.5. The van der Waals surface area contributed by atoms with Gasteiger partial charge in [0.2, 0.25) is 0 Å². The second kappa shape index (κ2) is 8.69. The first-order chi connectivity index (χ1) is 11.9. The van der Waals surface area contributed by atoms with Gasteiger partial charge in [0.15, 0.2) is 5.96 Å². The Balaban J connectivity index is 2.08. The van der Waals surface area contributed by atoms with E-state index in [4.69, 9.17) is 22.1 Å². The van der Waals surface area contributed by atoms with Gasteiger partial charge in [0, 0.05) is 5.69 Å². The summed E-state index contributed by atoms with van der Waals surface area (Å²) >= 11 is 6.09. The number of halogens is 2. The van der Waals surface area contributed by atoms with Crippen LogP contribution in [0.2, 0.25) is 5.02 Å². The SMILES string of the molecule is COc1ccc(NC(N)=NCC(c2cccc(F)c2)N(C)C)cc1Cl. The lowest BCUT2D eigenvalue weighted by atomic mass is 10.1. The normalized spacial score (nSPS) is 13.0. The van der Waals surface area contributed by atoms with Crippen molar-refractivity contribution in [1.82, 2.24) is 4.90 Å². The van der Waals surface area contributed by atoms with E-state index in [0.29, 0.717) is 23.0 Å². The number of methoxy groups -OCH3 is 1. The molecule has 25 heavy (non-hydrogen) atoms. The van der Waals surface area contributed by atoms with E-state index in [9.17, 15) is 4.39 Å². The molecule has 0 saturated heterocycles. The van der Waals surface area contributed by atoms with Gasteiger partial charge in [-0.25, -0.2) is 4.39 Å². The fourth-order valence-corrected chi connectivity index (χ4v) is 2.65. The minimum absolute atomic E-state index is 0.0875. The highest BCUT2D eigenvalue weighted by Gasteiger charge is 2.14. The molecule has 7 heteroatoms. The molecule has 0 bridgehead atoms. The quantitative estimate of drug-likeness (QED) is 0.608. The summed E-state index contributed by atoms with van der Waals surface area (Å²) in [5, 5.41) is 3.46. The number of hydrogen-bond acceptors (Lipinski definition) is 3. The van der Waals surface area contributed by atoms with E-state index in [-0.39, 0.29) is 17.8 Å². The summed E-state index contributed by atoms with van der Waals surface area (Å²) in [6.45, 7) is 0.388. The molecular weight excluding hydrogens is 343 g/mol. The first kappa shape index (κ1) is 19.0. The van der Waals surface area contributed by atoms with Gasteiger partial charge in [-0.1, -0.05) is 23.7 Å². The largest absolute Gasteiger partial charge is 0.495 e. The highest BCUT2D eigenvalue weighted by Crippen LogP contribution is 2.27. The van der Waals surface area contributed by atoms with Gasteiger partial charge in [-0.2, -0.15) is 0 Å². The third kappa shape index (κ3) is 5.34. The number of benzene rings is 2. The molecule has 0 aromatic heterocycles. The summed E-state index contributed by atoms with van der Waals surface area (Å²) in [7, 11) is 5.38. The molecule has 5 nitrogen and oxygen atoms in total. The van der Waals surface area contributed by atoms with Gasteiger partial charge in [-0.3, -0.25) is 4.99 Å². The van der Waals surface area contributed by atoms with E-state index >= 15 is 0 Å². The number of ether oxygens (including phenoxy) is 1. The fourth-order valence-electron chi connectivity index (χ4n) is 2.40. The average molecular weight is 365 g/mol. The van der Waals surface area contributed by atoms with Crippen molar-refractivity contribution in [3.8, 4) is 5.75 Å². The van der Waals surface area contributed by atoms with Gasteiger partial charge >= 0.3 is 0 Å². The van der Waals surface area contributed by atoms with Crippen LogP contribution in [0.3, 0.4) is 0 Å². The lowest BCUT2D eigenvalue weighted by Crippen LogP contribution is -2.27. The molecule has 3 N–H and O–H groups in total. The maximum atomic E-state index is 13.5. The summed E-state index contributed by atoms with van der Waals surface area (Å²) in [5.74, 6) is 0.568. The minimum atomic E-state index is -0.271. The first-order valence-corrected chi connectivity index (χ1v) is 8.11. The van der Waals surface area contributed by atoms with Crippen LogP contribution in [0.15, 0.2) is 47.5 Å². The summed E-state index contributed by atoms with van der Waals surface area (Å²) in [6.07, 6.45) is 0. The van der Waals surface area contributed by atoms with Crippen LogP contribution in [0.4, 0.5) is 10.1 Å². The van der Waals surface area contributed by atoms with Crippen LogP contribution in [0, 0.1) is 5.82 Å². The van der Waals surface area contributed by atoms with Gasteiger partial charge in [-0.15, -0.1) is 0 Å². The van der Waals surface area contributed by atoms with Crippen molar-refractivity contribution in [2.45, 2.75) is 6.04 Å². The monoisotopic (exact) mass is 364 g/mol. The molecule has 134 valence electrons. The van der Waals surface area contributed by atoms with Gasteiger partial charge < -0.3 is 20.7 Å². The van der Waals surface area contributed by atoms with Crippen LogP contribution < -0.4 is 15.8 Å². The molecular formula is C18H22ClFN4O. The van der Waals surface area contributed by atoms with Crippen molar-refractivity contribution in [3.63, 3.8) is 0 Å². The minimum Gasteiger partial charge on any atom is -0.495 e. The second-order valence-electron chi connectivity index (χ2n) is 5.73. The Morgan fingerprint density at radius 1 is 1.32 bits per heavy atom. The van der Waals surface area contributed by atoms with Crippen LogP contribution in [-0.4, -0.2) is 38.6 Å². The topological polar surface area (TPSA) is 62.9 Å². The number of nitrogens with zero attached hydrogens (tertiary/aromatic N) is 2. The number of hydrogen-bond donors (Lipinski definition) is 2. The van der Waals surface area contributed by atoms with Crippen molar-refractivity contribution in [3.05, 3.63) is 58.9 Å². The van der Waals surface area contributed by atoms with Crippen molar-refractivity contribution >= 4 is 23.2 Å². The van der Waals surface area contributed by atoms with Crippen molar-refractivity contribution in [1.29, 1.82) is 0 Å². The Kier molecular flexibility index (Phi) is 6.61. The molecule has 2 rings (SSSR count). The van der Waals surface area contributed by atoms with Crippen molar-refractivity contribution < 1.29 is 9.13 Å². The van der Waals surface area contributed by atoms with Gasteiger partial charge in [0.25, 0.3) is 0 Å². The summed E-state index contributed by atoms with van der Waals surface area (Å²) in [6, 6.07) is 11.6. The smallest absolute Gasteiger partial charge is 0.193 e. The standard InChI is InChI=1S/C18H22ClFN4O/c1-24(2)16(12-5-4-6-13(20)9-12)11-22-18(21)23-14-7-8-17(25-3)15(19)10-14/h4-10,16H,11H2,1-3H3,(H3,21,22,23). The Hall–Kier alpha value is -2.31. The molecule has 0 fully saturated rings. The third-order valence-electron chi connectivity index (χ3n) is 3.72. The summed E-state index contributed by atoms with van der Waals surface area (Å²) in [5.41, 5.74) is 7.50. The molecule has 0 aliphatic rings. The van der Waals surface area contributed by atoms with Crippen LogP contribution in [0.25, 0.3) is 0 Å². The molecule has 0 spiro atoms. The second-order valence-corrected chi connectivity index (χ2v) is 6.14. The van der Waals surface area contributed by atoms with Crippen LogP contribution in [-0.2, 0) is 0 Å². The third-order valence-corrected chi connectivity index (χ3v) is 4.01. The Morgan fingerprint density at radius 3 is 2.68 bits per heavy atom. The lowest BCUT2D eigenvalue weighted by Gasteiger charge is -2.23. The summed E-state index contributed by atoms with van der Waals surface area (Å²) < 4.78 is 18.6. The van der Waals surface area contributed by atoms with Crippen molar-refractivity contribution in [2.75, 3.05) is 33.1 Å². The first-order valence-electron chi connectivity index (χ1n) is 7.73. The van der Waals surface area contributed by atoms with E-state index < -0.39 is 0 Å². The molecule has 1 atom stereocenters. The predicted octanol–water partition coefficient (Wildman–Crippen LogP) is 3.52. The van der Waals surface area contributed by atoms with E-state index in [1.807, 2.05) is 25.1 Å². The maximum absolute atomic E-state index is 13.5. The maximum Gasteiger partial charge on any atom is 0.193 e. The van der Waals surface area contributed by atoms with Crippen LogP contribution in [0.5, 0.6) is 5.75 Å². The van der Waals surface area contributed by atoms with E-state index in [1.54, 1.807) is 31.4 Å². The fraction of sp³-hybridized carbons (Fsp3) is 0.278. The number of guanidine groups is 1. The molecule has 0 amide bonds. The number of nitrogens with two attached hydrogens (primary N) is 1. The number of rotatable bonds is 6. The average Bonchev–Trinajstić information content (AvgIpc) is 2.55. The predicted molar refractivity (Wildman–Crippen MR) is 101 cm³/mol. The zero-order chi connectivity index (χ0) is 18.4. The molecule has 0 radical (unpaired) electrons. The van der Waals surface area contributed by atoms with Crippen molar-refractivity contribution in [2.24, 2.45) is 10.7 Å². The molecule has 2 aromatic rings. The van der Waals surface area contributed by atoms with Crippen LogP contribution >= 0.6 is 11.6 Å². The molecule has 2 aromatic carbocycles. The Bertz CT molecular complexity index is 752. The molecule has 1 unspecified atom stereocenters. The Labute approximate surface area is 152 Å². The zero-order valence-corrected chi connectivity index (χ0v) is 15.2. The number of aliphatic imine (C=N–C) groups is 1. The molecule has 0 aliphatic heterocycles. The zero-order valence-electron chi connectivity index (χ0n) is 14.5. The number of anilines is 1. The van der Waals surface area contributed by atoms with Gasteiger partial charge in [0.1, 0.15) is 11.6 Å². The summed E-state index contributed by atoms with van der Waals surface area (Å²) in [4.78, 5) is 6.33. The molecule has 0 heterocycles. The van der Waals surface area contributed by atoms with Crippen LogP contribution in [0.1, 0.15) is 11.6 Å². The van der Waals surface area contributed by atoms with E-state index in [2.05, 4.69) is 10.3 Å². The molecule has 0 saturated carbocycles. The highest BCUT2D eigenvalue weighted by molar-refractivity contribution is 6.32.